The van der Waals surface area contributed by atoms with E-state index >= 15 is 0 Å². The number of hydrogen-bond donors (Lipinski definition) is 0. The summed E-state index contributed by atoms with van der Waals surface area (Å²) in [6.07, 6.45) is 3.80. The second kappa shape index (κ2) is 3.48. The summed E-state index contributed by atoms with van der Waals surface area (Å²) < 4.78 is 0.273. The van der Waals surface area contributed by atoms with Crippen LogP contribution in [0.5, 0.6) is 0 Å². The Morgan fingerprint density at radius 3 is 2.42 bits per heavy atom. The van der Waals surface area contributed by atoms with Gasteiger partial charge < -0.3 is 0 Å². The van der Waals surface area contributed by atoms with E-state index in [2.05, 4.69) is 38.7 Å². The standard InChI is InChI=1S/C10H15NS/c1-8-5-9(7-11-6-8)12-10(2,3)4/h5-7H,1-4H3. The van der Waals surface area contributed by atoms with Gasteiger partial charge in [-0.25, -0.2) is 0 Å². The van der Waals surface area contributed by atoms with E-state index < -0.39 is 0 Å². The molecule has 0 saturated heterocycles. The van der Waals surface area contributed by atoms with E-state index in [4.69, 9.17) is 0 Å². The maximum Gasteiger partial charge on any atom is 0.0404 e. The Balaban J connectivity index is 2.77. The zero-order valence-corrected chi connectivity index (χ0v) is 8.90. The molecule has 0 unspecified atom stereocenters. The van der Waals surface area contributed by atoms with E-state index in [0.717, 1.165) is 0 Å². The highest BCUT2D eigenvalue weighted by atomic mass is 32.2. The van der Waals surface area contributed by atoms with Crippen molar-refractivity contribution in [3.8, 4) is 0 Å². The van der Waals surface area contributed by atoms with Gasteiger partial charge in [0.05, 0.1) is 0 Å². The van der Waals surface area contributed by atoms with E-state index in [1.807, 2.05) is 24.2 Å². The number of nitrogens with zero attached hydrogens (tertiary/aromatic N) is 1. The van der Waals surface area contributed by atoms with Crippen molar-refractivity contribution < 1.29 is 0 Å². The first-order valence-electron chi connectivity index (χ1n) is 4.08. The fraction of sp³-hybridized carbons (Fsp3) is 0.500. The van der Waals surface area contributed by atoms with Gasteiger partial charge in [-0.15, -0.1) is 11.8 Å². The zero-order chi connectivity index (χ0) is 9.19. The molecule has 0 fully saturated rings. The number of pyridine rings is 1. The number of thioether (sulfide) groups is 1. The molecule has 0 saturated carbocycles. The highest BCUT2D eigenvalue weighted by molar-refractivity contribution is 8.00. The molecule has 1 aromatic rings. The predicted octanol–water partition coefficient (Wildman–Crippen LogP) is 3.28. The highest BCUT2D eigenvalue weighted by Crippen LogP contribution is 2.31. The Bertz CT molecular complexity index is 263. The Morgan fingerprint density at radius 2 is 1.92 bits per heavy atom. The molecule has 0 aliphatic carbocycles. The lowest BCUT2D eigenvalue weighted by Gasteiger charge is -2.17. The summed E-state index contributed by atoms with van der Waals surface area (Å²) in [5.41, 5.74) is 1.23. The van der Waals surface area contributed by atoms with Gasteiger partial charge in [0.2, 0.25) is 0 Å². The largest absolute Gasteiger partial charge is 0.263 e. The van der Waals surface area contributed by atoms with Crippen LogP contribution >= 0.6 is 11.8 Å². The van der Waals surface area contributed by atoms with Crippen molar-refractivity contribution in [1.82, 2.24) is 4.98 Å². The van der Waals surface area contributed by atoms with Crippen LogP contribution in [0.3, 0.4) is 0 Å². The van der Waals surface area contributed by atoms with Gasteiger partial charge in [0.15, 0.2) is 0 Å². The van der Waals surface area contributed by atoms with Crippen LogP contribution in [0.25, 0.3) is 0 Å². The number of aryl methyl sites for hydroxylation is 1. The second-order valence-corrected chi connectivity index (χ2v) is 5.81. The van der Waals surface area contributed by atoms with Crippen LogP contribution in [0.2, 0.25) is 0 Å². The average molecular weight is 181 g/mol. The second-order valence-electron chi connectivity index (χ2n) is 3.91. The SMILES string of the molecule is Cc1cncc(SC(C)(C)C)c1. The first kappa shape index (κ1) is 9.59. The summed E-state index contributed by atoms with van der Waals surface area (Å²) in [4.78, 5) is 5.40. The first-order chi connectivity index (χ1) is 5.47. The molecule has 1 nitrogen and oxygen atoms in total. The Labute approximate surface area is 78.6 Å². The first-order valence-corrected chi connectivity index (χ1v) is 4.90. The van der Waals surface area contributed by atoms with Gasteiger partial charge in [-0.05, 0) is 18.6 Å². The van der Waals surface area contributed by atoms with Crippen LogP contribution in [-0.4, -0.2) is 9.73 Å². The molecule has 0 bridgehead atoms. The summed E-state index contributed by atoms with van der Waals surface area (Å²) in [5, 5.41) is 0. The van der Waals surface area contributed by atoms with Crippen molar-refractivity contribution in [2.75, 3.05) is 0 Å². The van der Waals surface area contributed by atoms with Crippen LogP contribution in [0.1, 0.15) is 26.3 Å². The molecular formula is C10H15NS. The molecule has 0 spiro atoms. The molecule has 1 aromatic heterocycles. The minimum absolute atomic E-state index is 0.273. The summed E-state index contributed by atoms with van der Waals surface area (Å²) in [6, 6.07) is 2.17. The Hall–Kier alpha value is -0.500. The molecule has 2 heteroatoms. The van der Waals surface area contributed by atoms with Crippen LogP contribution in [0.15, 0.2) is 23.4 Å². The molecule has 0 atom stereocenters. The van der Waals surface area contributed by atoms with Crippen molar-refractivity contribution in [2.45, 2.75) is 37.3 Å². The third-order valence-corrected chi connectivity index (χ3v) is 2.35. The molecule has 0 radical (unpaired) electrons. The maximum atomic E-state index is 4.15. The summed E-state index contributed by atoms with van der Waals surface area (Å²) >= 11 is 1.85. The molecular weight excluding hydrogens is 166 g/mol. The zero-order valence-electron chi connectivity index (χ0n) is 8.09. The summed E-state index contributed by atoms with van der Waals surface area (Å²) in [6.45, 7) is 8.69. The van der Waals surface area contributed by atoms with E-state index in [0.29, 0.717) is 0 Å². The number of aromatic nitrogens is 1. The molecule has 0 amide bonds. The van der Waals surface area contributed by atoms with Crippen molar-refractivity contribution in [3.05, 3.63) is 24.0 Å². The molecule has 0 N–H and O–H groups in total. The molecule has 66 valence electrons. The van der Waals surface area contributed by atoms with Gasteiger partial charge >= 0.3 is 0 Å². The van der Waals surface area contributed by atoms with Crippen LogP contribution in [0.4, 0.5) is 0 Å². The fourth-order valence-electron chi connectivity index (χ4n) is 0.937. The van der Waals surface area contributed by atoms with Gasteiger partial charge in [0.25, 0.3) is 0 Å². The topological polar surface area (TPSA) is 12.9 Å². The molecule has 1 rings (SSSR count). The minimum Gasteiger partial charge on any atom is -0.263 e. The third-order valence-electron chi connectivity index (χ3n) is 1.27. The fourth-order valence-corrected chi connectivity index (χ4v) is 2.00. The van der Waals surface area contributed by atoms with Gasteiger partial charge in [-0.3, -0.25) is 4.98 Å². The normalized spacial score (nSPS) is 11.7. The Morgan fingerprint density at radius 1 is 1.25 bits per heavy atom. The van der Waals surface area contributed by atoms with E-state index in [9.17, 15) is 0 Å². The molecule has 0 aromatic carbocycles. The van der Waals surface area contributed by atoms with Gasteiger partial charge in [0.1, 0.15) is 0 Å². The van der Waals surface area contributed by atoms with Crippen LogP contribution < -0.4 is 0 Å². The summed E-state index contributed by atoms with van der Waals surface area (Å²) in [7, 11) is 0. The molecule has 0 aliphatic heterocycles. The molecule has 12 heavy (non-hydrogen) atoms. The van der Waals surface area contributed by atoms with Crippen molar-refractivity contribution >= 4 is 11.8 Å². The van der Waals surface area contributed by atoms with E-state index in [1.54, 1.807) is 0 Å². The van der Waals surface area contributed by atoms with Gasteiger partial charge in [-0.1, -0.05) is 20.8 Å². The highest BCUT2D eigenvalue weighted by Gasteiger charge is 2.11. The minimum atomic E-state index is 0.273. The van der Waals surface area contributed by atoms with Crippen molar-refractivity contribution in [1.29, 1.82) is 0 Å². The maximum absolute atomic E-state index is 4.15. The van der Waals surface area contributed by atoms with Crippen molar-refractivity contribution in [3.63, 3.8) is 0 Å². The van der Waals surface area contributed by atoms with Crippen LogP contribution in [0, 0.1) is 6.92 Å². The number of rotatable bonds is 1. The van der Waals surface area contributed by atoms with Crippen LogP contribution in [-0.2, 0) is 0 Å². The summed E-state index contributed by atoms with van der Waals surface area (Å²) in [5.74, 6) is 0. The monoisotopic (exact) mass is 181 g/mol. The predicted molar refractivity (Wildman–Crippen MR) is 54.6 cm³/mol. The average Bonchev–Trinajstić information content (AvgIpc) is 1.82. The van der Waals surface area contributed by atoms with E-state index in [-0.39, 0.29) is 4.75 Å². The van der Waals surface area contributed by atoms with E-state index in [1.165, 1.54) is 10.5 Å². The lowest BCUT2D eigenvalue weighted by atomic mass is 10.3. The molecule has 1 heterocycles. The smallest absolute Gasteiger partial charge is 0.0404 e. The quantitative estimate of drug-likeness (QED) is 0.617. The van der Waals surface area contributed by atoms with Gasteiger partial charge in [0, 0.05) is 22.0 Å². The number of hydrogen-bond acceptors (Lipinski definition) is 2. The lowest BCUT2D eigenvalue weighted by molar-refractivity contribution is 0.802. The third kappa shape index (κ3) is 3.26. The Kier molecular flexibility index (Phi) is 2.78. The van der Waals surface area contributed by atoms with Gasteiger partial charge in [-0.2, -0.15) is 0 Å². The molecule has 0 aliphatic rings. The lowest BCUT2D eigenvalue weighted by Crippen LogP contribution is -2.06. The van der Waals surface area contributed by atoms with Crippen molar-refractivity contribution in [2.24, 2.45) is 0 Å².